The highest BCUT2D eigenvalue weighted by Gasteiger charge is 2.31. The Bertz CT molecular complexity index is 1410. The molecule has 0 radical (unpaired) electrons. The van der Waals surface area contributed by atoms with Crippen LogP contribution in [0.5, 0.6) is 0 Å². The van der Waals surface area contributed by atoms with Gasteiger partial charge in [0.05, 0.1) is 17.0 Å². The van der Waals surface area contributed by atoms with Crippen molar-refractivity contribution in [2.24, 2.45) is 0 Å². The first kappa shape index (κ1) is 23.1. The quantitative estimate of drug-likeness (QED) is 0.421. The second-order valence-electron chi connectivity index (χ2n) is 7.65. The van der Waals surface area contributed by atoms with Gasteiger partial charge in [0.2, 0.25) is 15.8 Å². The number of carbonyl (C=O) groups excluding carboxylic acids is 1. The fraction of sp³-hybridized carbons (Fsp3) is 0.217. The molecular formula is C23H20ClF2N3O3S. The maximum absolute atomic E-state index is 15.2. The van der Waals surface area contributed by atoms with Crippen molar-refractivity contribution < 1.29 is 22.0 Å². The van der Waals surface area contributed by atoms with Crippen LogP contribution in [-0.2, 0) is 10.0 Å². The average molecular weight is 492 g/mol. The zero-order valence-corrected chi connectivity index (χ0v) is 19.2. The highest BCUT2D eigenvalue weighted by molar-refractivity contribution is 7.89. The summed E-state index contributed by atoms with van der Waals surface area (Å²) in [6.07, 6.45) is 2.81. The number of aromatic nitrogens is 2. The highest BCUT2D eigenvalue weighted by atomic mass is 35.5. The largest absolute Gasteiger partial charge is 0.345 e. The monoisotopic (exact) mass is 491 g/mol. The van der Waals surface area contributed by atoms with Gasteiger partial charge in [-0.15, -0.1) is 0 Å². The number of allylic oxidation sites excluding steroid dienone is 4. The van der Waals surface area contributed by atoms with Gasteiger partial charge in [-0.2, -0.15) is 0 Å². The smallest absolute Gasteiger partial charge is 0.232 e. The molecule has 0 aliphatic heterocycles. The van der Waals surface area contributed by atoms with Crippen molar-refractivity contribution in [3.63, 3.8) is 0 Å². The lowest BCUT2D eigenvalue weighted by molar-refractivity contribution is 0.103. The van der Waals surface area contributed by atoms with E-state index in [4.69, 9.17) is 11.6 Å². The minimum Gasteiger partial charge on any atom is -0.345 e. The van der Waals surface area contributed by atoms with Crippen LogP contribution in [0.25, 0.3) is 22.2 Å². The minimum atomic E-state index is -3.79. The van der Waals surface area contributed by atoms with Crippen LogP contribution in [0.15, 0.2) is 65.6 Å². The molecule has 0 unspecified atom stereocenters. The predicted octanol–water partition coefficient (Wildman–Crippen LogP) is 5.59. The van der Waals surface area contributed by atoms with E-state index >= 15 is 4.39 Å². The number of ketones is 1. The Labute approximate surface area is 194 Å². The molecule has 3 aromatic rings. The summed E-state index contributed by atoms with van der Waals surface area (Å²) < 4.78 is 56.1. The molecular weight excluding hydrogens is 472 g/mol. The zero-order chi connectivity index (χ0) is 23.8. The molecule has 0 saturated heterocycles. The second-order valence-corrected chi connectivity index (χ2v) is 9.93. The maximum atomic E-state index is 15.2. The standard InChI is InChI=1S/C23H20ClF2N3O3S/c1-2-9-33(31,32)29-19-8-7-18(25)20(21(19)26)22(30)17-12-28-23-16(17)10-14(11-27-23)13-3-5-15(24)6-4-13/h3-6,10-12,29H,2,7-9H2,1H3,(H,27,28). The van der Waals surface area contributed by atoms with Crippen LogP contribution in [0.2, 0.25) is 5.02 Å². The zero-order valence-electron chi connectivity index (χ0n) is 17.6. The summed E-state index contributed by atoms with van der Waals surface area (Å²) in [5.41, 5.74) is 0.818. The molecule has 33 heavy (non-hydrogen) atoms. The summed E-state index contributed by atoms with van der Waals surface area (Å²) in [6, 6.07) is 8.71. The first-order valence-electron chi connectivity index (χ1n) is 10.3. The van der Waals surface area contributed by atoms with Crippen molar-refractivity contribution in [1.29, 1.82) is 0 Å². The van der Waals surface area contributed by atoms with Gasteiger partial charge in [0.25, 0.3) is 0 Å². The van der Waals surface area contributed by atoms with Gasteiger partial charge in [-0.05, 0) is 36.6 Å². The first-order valence-corrected chi connectivity index (χ1v) is 12.3. The SMILES string of the molecule is CCCS(=O)(=O)NC1=C(F)C(C(=O)c2c[nH]c3ncc(-c4ccc(Cl)cc4)cc23)=C(F)CC1. The molecule has 10 heteroatoms. The first-order chi connectivity index (χ1) is 15.7. The molecule has 1 aromatic carbocycles. The van der Waals surface area contributed by atoms with Crippen LogP contribution in [-0.4, -0.2) is 29.9 Å². The lowest BCUT2D eigenvalue weighted by atomic mass is 9.94. The summed E-state index contributed by atoms with van der Waals surface area (Å²) in [4.78, 5) is 20.4. The number of pyridine rings is 1. The van der Waals surface area contributed by atoms with Crippen LogP contribution < -0.4 is 4.72 Å². The molecule has 1 aliphatic rings. The molecule has 2 aromatic heterocycles. The molecule has 2 N–H and O–H groups in total. The Morgan fingerprint density at radius 1 is 1.18 bits per heavy atom. The van der Waals surface area contributed by atoms with E-state index in [1.54, 1.807) is 43.5 Å². The molecule has 0 amide bonds. The minimum absolute atomic E-state index is 0.0336. The normalized spacial score (nSPS) is 14.8. The van der Waals surface area contributed by atoms with Crippen molar-refractivity contribution in [2.75, 3.05) is 5.75 Å². The highest BCUT2D eigenvalue weighted by Crippen LogP contribution is 2.35. The van der Waals surface area contributed by atoms with E-state index < -0.39 is 33.0 Å². The summed E-state index contributed by atoms with van der Waals surface area (Å²) in [5.74, 6) is -3.22. The van der Waals surface area contributed by atoms with E-state index in [2.05, 4.69) is 14.7 Å². The van der Waals surface area contributed by atoms with Gasteiger partial charge in [0.15, 0.2) is 5.83 Å². The number of benzene rings is 1. The number of nitrogens with one attached hydrogen (secondary N) is 2. The number of aromatic amines is 1. The van der Waals surface area contributed by atoms with Crippen LogP contribution in [0.1, 0.15) is 36.5 Å². The number of hydrogen-bond acceptors (Lipinski definition) is 4. The van der Waals surface area contributed by atoms with Crippen molar-refractivity contribution in [1.82, 2.24) is 14.7 Å². The van der Waals surface area contributed by atoms with Crippen molar-refractivity contribution >= 4 is 38.4 Å². The number of fused-ring (bicyclic) bond motifs is 1. The lowest BCUT2D eigenvalue weighted by Gasteiger charge is -2.19. The van der Waals surface area contributed by atoms with E-state index in [0.717, 1.165) is 5.56 Å². The van der Waals surface area contributed by atoms with Crippen LogP contribution in [0.4, 0.5) is 8.78 Å². The molecule has 0 atom stereocenters. The van der Waals surface area contributed by atoms with Crippen molar-refractivity contribution in [3.8, 4) is 11.1 Å². The van der Waals surface area contributed by atoms with Crippen LogP contribution >= 0.6 is 11.6 Å². The van der Waals surface area contributed by atoms with Gasteiger partial charge in [0, 0.05) is 40.4 Å². The summed E-state index contributed by atoms with van der Waals surface area (Å²) in [5, 5.41) is 0.955. The van der Waals surface area contributed by atoms with Gasteiger partial charge in [0.1, 0.15) is 11.5 Å². The molecule has 2 heterocycles. The third-order valence-corrected chi connectivity index (χ3v) is 7.04. The van der Waals surface area contributed by atoms with E-state index in [-0.39, 0.29) is 29.9 Å². The number of H-pyrrole nitrogens is 1. The molecule has 1 aliphatic carbocycles. The van der Waals surface area contributed by atoms with E-state index in [1.165, 1.54) is 6.20 Å². The Kier molecular flexibility index (Phi) is 6.36. The fourth-order valence-corrected chi connectivity index (χ4v) is 5.02. The van der Waals surface area contributed by atoms with E-state index in [0.29, 0.717) is 28.0 Å². The third kappa shape index (κ3) is 4.69. The average Bonchev–Trinajstić information content (AvgIpc) is 3.19. The summed E-state index contributed by atoms with van der Waals surface area (Å²) in [6.45, 7) is 1.67. The number of halogens is 3. The van der Waals surface area contributed by atoms with Crippen molar-refractivity contribution in [2.45, 2.75) is 26.2 Å². The van der Waals surface area contributed by atoms with E-state index in [1.807, 2.05) is 0 Å². The number of sulfonamides is 1. The van der Waals surface area contributed by atoms with Crippen LogP contribution in [0.3, 0.4) is 0 Å². The van der Waals surface area contributed by atoms with Gasteiger partial charge < -0.3 is 4.98 Å². The van der Waals surface area contributed by atoms with Crippen molar-refractivity contribution in [3.05, 3.63) is 76.2 Å². The fourth-order valence-electron chi connectivity index (χ4n) is 3.69. The number of carbonyl (C=O) groups is 1. The number of rotatable bonds is 7. The maximum Gasteiger partial charge on any atom is 0.232 e. The Balaban J connectivity index is 1.74. The molecule has 172 valence electrons. The Morgan fingerprint density at radius 3 is 2.61 bits per heavy atom. The van der Waals surface area contributed by atoms with Gasteiger partial charge in [-0.3, -0.25) is 9.52 Å². The Hall–Kier alpha value is -3.04. The van der Waals surface area contributed by atoms with Gasteiger partial charge >= 0.3 is 0 Å². The van der Waals surface area contributed by atoms with E-state index in [9.17, 15) is 17.6 Å². The molecule has 0 saturated carbocycles. The summed E-state index contributed by atoms with van der Waals surface area (Å²) >= 11 is 5.94. The second kappa shape index (κ2) is 9.07. The molecule has 0 bridgehead atoms. The van der Waals surface area contributed by atoms with Crippen LogP contribution in [0, 0.1) is 0 Å². The lowest BCUT2D eigenvalue weighted by Crippen LogP contribution is -2.28. The Morgan fingerprint density at radius 2 is 1.91 bits per heavy atom. The number of nitrogens with zero attached hydrogens (tertiary/aromatic N) is 1. The van der Waals surface area contributed by atoms with Gasteiger partial charge in [-0.25, -0.2) is 22.2 Å². The topological polar surface area (TPSA) is 91.9 Å². The van der Waals surface area contributed by atoms with Gasteiger partial charge in [-0.1, -0.05) is 30.7 Å². The molecule has 0 fully saturated rings. The predicted molar refractivity (Wildman–Crippen MR) is 124 cm³/mol. The molecule has 4 rings (SSSR count). The summed E-state index contributed by atoms with van der Waals surface area (Å²) in [7, 11) is -3.79. The molecule has 6 nitrogen and oxygen atoms in total. The molecule has 0 spiro atoms. The third-order valence-electron chi connectivity index (χ3n) is 5.28. The number of hydrogen-bond donors (Lipinski definition) is 2. The number of Topliss-reactive ketones (excluding diaryl/α,β-unsaturated/α-hetero) is 1.